The van der Waals surface area contributed by atoms with Gasteiger partial charge in [-0.1, -0.05) is 29.3 Å². The fourth-order valence-corrected chi connectivity index (χ4v) is 3.91. The van der Waals surface area contributed by atoms with Crippen LogP contribution in [0.2, 0.25) is 10.0 Å². The third-order valence-electron chi connectivity index (χ3n) is 3.61. The lowest BCUT2D eigenvalue weighted by molar-refractivity contribution is 0.0687. The number of aromatic nitrogens is 2. The Bertz CT molecular complexity index is 1240. The summed E-state index contributed by atoms with van der Waals surface area (Å²) in [6, 6.07) is 8.54. The van der Waals surface area contributed by atoms with Crippen LogP contribution in [0.3, 0.4) is 0 Å². The molecule has 7 nitrogen and oxygen atoms in total. The number of aromatic carboxylic acids is 1. The Labute approximate surface area is 157 Å². The van der Waals surface area contributed by atoms with Gasteiger partial charge in [0.05, 0.1) is 26.5 Å². The van der Waals surface area contributed by atoms with E-state index in [0.29, 0.717) is 5.02 Å². The van der Waals surface area contributed by atoms with Crippen molar-refractivity contribution in [2.45, 2.75) is 4.90 Å². The smallest absolute Gasteiger partial charge is 0.360 e. The normalized spacial score (nSPS) is 11.7. The van der Waals surface area contributed by atoms with Gasteiger partial charge in [-0.2, -0.15) is 5.10 Å². The van der Waals surface area contributed by atoms with E-state index >= 15 is 0 Å². The molecule has 0 spiro atoms. The first-order valence-corrected chi connectivity index (χ1v) is 9.71. The fourth-order valence-electron chi connectivity index (χ4n) is 2.53. The molecule has 0 saturated heterocycles. The molecule has 0 aliphatic carbocycles. The second-order valence-electron chi connectivity index (χ2n) is 5.41. The summed E-state index contributed by atoms with van der Waals surface area (Å²) < 4.78 is 25.3. The van der Waals surface area contributed by atoms with Crippen molar-refractivity contribution in [3.8, 4) is 5.69 Å². The predicted molar refractivity (Wildman–Crippen MR) is 97.4 cm³/mol. The van der Waals surface area contributed by atoms with Crippen LogP contribution in [0.4, 0.5) is 0 Å². The molecule has 0 fully saturated rings. The van der Waals surface area contributed by atoms with Crippen LogP contribution in [-0.2, 0) is 9.84 Å². The summed E-state index contributed by atoms with van der Waals surface area (Å²) >= 11 is 12.1. The fraction of sp³-hybridized carbons (Fsp3) is 0.0625. The lowest BCUT2D eigenvalue weighted by Gasteiger charge is -2.14. The molecule has 1 heterocycles. The summed E-state index contributed by atoms with van der Waals surface area (Å²) in [6.07, 6.45) is 0.932. The standard InChI is InChI=1S/C16H10Cl2N2O5S/c1-26(24,25)12-4-2-3-11-13(12)15(21)14(16(22)23)19-20(11)10-6-5-8(17)7-9(10)18/h2-7H,1H3,(H,22,23). The maximum atomic E-state index is 12.6. The van der Waals surface area contributed by atoms with Gasteiger partial charge in [-0.25, -0.2) is 17.9 Å². The molecule has 2 aromatic carbocycles. The van der Waals surface area contributed by atoms with Crippen molar-refractivity contribution in [3.05, 3.63) is 62.4 Å². The van der Waals surface area contributed by atoms with Crippen LogP contribution in [0.1, 0.15) is 10.5 Å². The van der Waals surface area contributed by atoms with Gasteiger partial charge in [-0.05, 0) is 30.3 Å². The van der Waals surface area contributed by atoms with Gasteiger partial charge in [0.2, 0.25) is 11.1 Å². The molecular weight excluding hydrogens is 403 g/mol. The van der Waals surface area contributed by atoms with Gasteiger partial charge in [0, 0.05) is 11.3 Å². The van der Waals surface area contributed by atoms with E-state index < -0.39 is 26.9 Å². The van der Waals surface area contributed by atoms with Crippen LogP contribution in [-0.4, -0.2) is 35.5 Å². The monoisotopic (exact) mass is 412 g/mol. The molecule has 134 valence electrons. The SMILES string of the molecule is CS(=O)(=O)c1cccc2c1c(=O)c(C(=O)O)nn2-c1ccc(Cl)cc1Cl. The number of benzene rings is 2. The number of sulfone groups is 1. The quantitative estimate of drug-likeness (QED) is 0.708. The number of fused-ring (bicyclic) bond motifs is 1. The number of hydrogen-bond acceptors (Lipinski definition) is 5. The number of rotatable bonds is 3. The molecule has 1 N–H and O–H groups in total. The molecule has 0 bridgehead atoms. The molecule has 0 saturated carbocycles. The van der Waals surface area contributed by atoms with Gasteiger partial charge in [-0.3, -0.25) is 4.79 Å². The predicted octanol–water partition coefficient (Wildman–Crippen LogP) is 2.79. The second kappa shape index (κ2) is 6.39. The Hall–Kier alpha value is -2.42. The molecule has 0 radical (unpaired) electrons. The molecule has 0 unspecified atom stereocenters. The van der Waals surface area contributed by atoms with Gasteiger partial charge in [-0.15, -0.1) is 0 Å². The maximum absolute atomic E-state index is 12.6. The molecule has 3 rings (SSSR count). The Balaban J connectivity index is 2.58. The topological polar surface area (TPSA) is 106 Å². The summed E-state index contributed by atoms with van der Waals surface area (Å²) in [7, 11) is -3.80. The highest BCUT2D eigenvalue weighted by Crippen LogP contribution is 2.28. The highest BCUT2D eigenvalue weighted by atomic mass is 35.5. The minimum Gasteiger partial charge on any atom is -0.476 e. The van der Waals surface area contributed by atoms with Crippen molar-refractivity contribution in [1.82, 2.24) is 9.78 Å². The number of carbonyl (C=O) groups is 1. The van der Waals surface area contributed by atoms with Gasteiger partial charge in [0.1, 0.15) is 0 Å². The zero-order chi connectivity index (χ0) is 19.2. The van der Waals surface area contributed by atoms with Crippen LogP contribution >= 0.6 is 23.2 Å². The average Bonchev–Trinajstić information content (AvgIpc) is 2.54. The lowest BCUT2D eigenvalue weighted by atomic mass is 10.2. The van der Waals surface area contributed by atoms with E-state index in [1.54, 1.807) is 0 Å². The third kappa shape index (κ3) is 3.07. The van der Waals surface area contributed by atoms with Crippen LogP contribution in [0.5, 0.6) is 0 Å². The van der Waals surface area contributed by atoms with Crippen molar-refractivity contribution in [2.24, 2.45) is 0 Å². The Kier molecular flexibility index (Phi) is 4.51. The van der Waals surface area contributed by atoms with E-state index in [-0.39, 0.29) is 26.5 Å². The van der Waals surface area contributed by atoms with Crippen molar-refractivity contribution < 1.29 is 18.3 Å². The van der Waals surface area contributed by atoms with E-state index in [2.05, 4.69) is 5.10 Å². The molecule has 1 aromatic heterocycles. The summed E-state index contributed by atoms with van der Waals surface area (Å²) in [6.45, 7) is 0. The minimum atomic E-state index is -3.80. The van der Waals surface area contributed by atoms with Crippen molar-refractivity contribution >= 4 is 49.9 Å². The number of hydrogen-bond donors (Lipinski definition) is 1. The van der Waals surface area contributed by atoms with Gasteiger partial charge in [0.25, 0.3) is 0 Å². The second-order valence-corrected chi connectivity index (χ2v) is 8.24. The first-order valence-electron chi connectivity index (χ1n) is 7.06. The number of carboxylic acids is 1. The van der Waals surface area contributed by atoms with E-state index in [1.807, 2.05) is 0 Å². The van der Waals surface area contributed by atoms with E-state index in [4.69, 9.17) is 23.2 Å². The third-order valence-corrected chi connectivity index (χ3v) is 5.29. The van der Waals surface area contributed by atoms with E-state index in [1.165, 1.54) is 36.4 Å². The zero-order valence-electron chi connectivity index (χ0n) is 13.1. The summed E-state index contributed by atoms with van der Waals surface area (Å²) in [5.74, 6) is -1.58. The molecule has 26 heavy (non-hydrogen) atoms. The Morgan fingerprint density at radius 1 is 1.19 bits per heavy atom. The van der Waals surface area contributed by atoms with Crippen molar-refractivity contribution in [3.63, 3.8) is 0 Å². The van der Waals surface area contributed by atoms with Gasteiger partial charge < -0.3 is 5.11 Å². The van der Waals surface area contributed by atoms with Crippen molar-refractivity contribution in [2.75, 3.05) is 6.26 Å². The molecule has 0 amide bonds. The van der Waals surface area contributed by atoms with Crippen LogP contribution < -0.4 is 5.43 Å². The Morgan fingerprint density at radius 2 is 1.88 bits per heavy atom. The van der Waals surface area contributed by atoms with Crippen LogP contribution in [0.15, 0.2) is 46.1 Å². The first-order chi connectivity index (χ1) is 12.1. The van der Waals surface area contributed by atoms with E-state index in [0.717, 1.165) is 10.9 Å². The minimum absolute atomic E-state index is 0.104. The number of carboxylic acid groups (broad SMARTS) is 1. The summed E-state index contributed by atoms with van der Waals surface area (Å²) in [5, 5.41) is 13.4. The van der Waals surface area contributed by atoms with Gasteiger partial charge in [0.15, 0.2) is 9.84 Å². The zero-order valence-corrected chi connectivity index (χ0v) is 15.4. The molecule has 0 aliphatic rings. The van der Waals surface area contributed by atoms with Crippen LogP contribution in [0, 0.1) is 0 Å². The van der Waals surface area contributed by atoms with Gasteiger partial charge >= 0.3 is 5.97 Å². The lowest BCUT2D eigenvalue weighted by Crippen LogP contribution is -2.24. The first kappa shape index (κ1) is 18.4. The average molecular weight is 413 g/mol. The largest absolute Gasteiger partial charge is 0.476 e. The number of halogens is 2. The Morgan fingerprint density at radius 3 is 2.46 bits per heavy atom. The maximum Gasteiger partial charge on any atom is 0.360 e. The highest BCUT2D eigenvalue weighted by Gasteiger charge is 2.23. The number of nitrogens with zero attached hydrogens (tertiary/aromatic N) is 2. The molecule has 0 atom stereocenters. The van der Waals surface area contributed by atoms with E-state index in [9.17, 15) is 23.1 Å². The molecule has 10 heteroatoms. The molecular formula is C16H10Cl2N2O5S. The molecule has 0 aliphatic heterocycles. The van der Waals surface area contributed by atoms with Crippen molar-refractivity contribution in [1.29, 1.82) is 0 Å². The van der Waals surface area contributed by atoms with Crippen LogP contribution in [0.25, 0.3) is 16.6 Å². The summed E-state index contributed by atoms with van der Waals surface area (Å²) in [4.78, 5) is 23.8. The highest BCUT2D eigenvalue weighted by molar-refractivity contribution is 7.91. The summed E-state index contributed by atoms with van der Waals surface area (Å²) in [5.41, 5.74) is -1.46. The molecule has 3 aromatic rings.